The summed E-state index contributed by atoms with van der Waals surface area (Å²) in [5.41, 5.74) is 1.47. The van der Waals surface area contributed by atoms with Crippen molar-refractivity contribution in [3.8, 4) is 0 Å². The molecule has 0 spiro atoms. The van der Waals surface area contributed by atoms with Crippen molar-refractivity contribution < 1.29 is 4.79 Å². The van der Waals surface area contributed by atoms with Crippen LogP contribution in [0.25, 0.3) is 0 Å². The van der Waals surface area contributed by atoms with Gasteiger partial charge in [-0.1, -0.05) is 15.9 Å². The zero-order valence-electron chi connectivity index (χ0n) is 8.07. The molecule has 6 heteroatoms. The van der Waals surface area contributed by atoms with Gasteiger partial charge in [-0.05, 0) is 18.5 Å². The number of anilines is 1. The Hall–Kier alpha value is -0.680. The zero-order chi connectivity index (χ0) is 11.0. The number of aromatic nitrogens is 2. The molecule has 0 bridgehead atoms. The molecule has 1 unspecified atom stereocenters. The molecule has 0 N–H and O–H groups in total. The lowest BCUT2D eigenvalue weighted by molar-refractivity contribution is -0.117. The summed E-state index contributed by atoms with van der Waals surface area (Å²) in [7, 11) is 0. The first kappa shape index (κ1) is 10.8. The average molecular weight is 291 g/mol. The second-order valence-electron chi connectivity index (χ2n) is 3.42. The fourth-order valence-corrected chi connectivity index (χ4v) is 2.34. The summed E-state index contributed by atoms with van der Waals surface area (Å²) in [5, 5.41) is 0.207. The predicted octanol–water partition coefficient (Wildman–Crippen LogP) is 1.94. The van der Waals surface area contributed by atoms with Crippen LogP contribution in [0.4, 0.5) is 5.69 Å². The van der Waals surface area contributed by atoms with Crippen LogP contribution in [-0.4, -0.2) is 27.2 Å². The summed E-state index contributed by atoms with van der Waals surface area (Å²) in [6, 6.07) is 0. The maximum atomic E-state index is 11.6. The third kappa shape index (κ3) is 2.13. The molecule has 1 atom stereocenters. The van der Waals surface area contributed by atoms with E-state index in [1.165, 1.54) is 0 Å². The first-order valence-corrected chi connectivity index (χ1v) is 5.81. The number of hydrogen-bond acceptors (Lipinski definition) is 3. The Morgan fingerprint density at radius 2 is 2.40 bits per heavy atom. The fraction of sp³-hybridized carbons (Fsp3) is 0.444. The third-order valence-corrected chi connectivity index (χ3v) is 3.09. The summed E-state index contributed by atoms with van der Waals surface area (Å²) < 4.78 is 0. The van der Waals surface area contributed by atoms with E-state index < -0.39 is 0 Å². The summed E-state index contributed by atoms with van der Waals surface area (Å²) in [5.74, 6) is 0.0888. The van der Waals surface area contributed by atoms with E-state index >= 15 is 0 Å². The number of hydrogen-bond donors (Lipinski definition) is 0. The second-order valence-corrected chi connectivity index (χ2v) is 5.05. The number of halogens is 2. The maximum absolute atomic E-state index is 11.6. The highest BCUT2D eigenvalue weighted by Crippen LogP contribution is 2.26. The quantitative estimate of drug-likeness (QED) is 0.586. The van der Waals surface area contributed by atoms with Crippen LogP contribution in [-0.2, 0) is 4.79 Å². The largest absolute Gasteiger partial charge is 0.308 e. The van der Waals surface area contributed by atoms with Gasteiger partial charge in [-0.3, -0.25) is 4.79 Å². The van der Waals surface area contributed by atoms with Gasteiger partial charge in [-0.2, -0.15) is 0 Å². The number of nitrogens with zero attached hydrogens (tertiary/aromatic N) is 3. The van der Waals surface area contributed by atoms with Gasteiger partial charge in [0.1, 0.15) is 0 Å². The van der Waals surface area contributed by atoms with Gasteiger partial charge >= 0.3 is 0 Å². The van der Waals surface area contributed by atoms with Gasteiger partial charge in [-0.15, -0.1) is 0 Å². The molecule has 2 rings (SSSR count). The summed E-state index contributed by atoms with van der Waals surface area (Å²) in [6.45, 7) is 2.47. The van der Waals surface area contributed by atoms with E-state index in [-0.39, 0.29) is 16.0 Å². The fourth-order valence-electron chi connectivity index (χ4n) is 1.59. The molecule has 2 heterocycles. The smallest absolute Gasteiger partial charge is 0.228 e. The molecule has 0 saturated carbocycles. The van der Waals surface area contributed by atoms with E-state index in [4.69, 9.17) is 11.6 Å². The van der Waals surface area contributed by atoms with Crippen LogP contribution in [0.1, 0.15) is 12.1 Å². The monoisotopic (exact) mass is 289 g/mol. The molecule has 0 radical (unpaired) electrons. The van der Waals surface area contributed by atoms with E-state index in [1.807, 2.05) is 6.92 Å². The van der Waals surface area contributed by atoms with Crippen LogP contribution in [0.2, 0.25) is 5.28 Å². The third-order valence-electron chi connectivity index (χ3n) is 2.29. The lowest BCUT2D eigenvalue weighted by atomic mass is 10.3. The summed E-state index contributed by atoms with van der Waals surface area (Å²) in [6.07, 6.45) is 2.11. The molecular formula is C9H9BrClN3O. The molecule has 0 aliphatic carbocycles. The number of aryl methyl sites for hydroxylation is 1. The van der Waals surface area contributed by atoms with Gasteiger partial charge in [-0.25, -0.2) is 9.97 Å². The standard InChI is InChI=1S/C9H9BrClN3O/c1-5-7(3-12-9(11)13-5)14-4-6(10)2-8(14)15/h3,6H,2,4H2,1H3. The van der Waals surface area contributed by atoms with Gasteiger partial charge in [0, 0.05) is 17.8 Å². The lowest BCUT2D eigenvalue weighted by Crippen LogP contribution is -2.25. The number of amides is 1. The molecule has 4 nitrogen and oxygen atoms in total. The number of carbonyl (C=O) groups is 1. The summed E-state index contributed by atoms with van der Waals surface area (Å²) >= 11 is 9.08. The minimum absolute atomic E-state index is 0.0888. The Morgan fingerprint density at radius 1 is 1.67 bits per heavy atom. The summed E-state index contributed by atoms with van der Waals surface area (Å²) in [4.78, 5) is 21.4. The number of rotatable bonds is 1. The number of alkyl halides is 1. The van der Waals surface area contributed by atoms with Crippen molar-refractivity contribution >= 4 is 39.1 Å². The first-order valence-electron chi connectivity index (χ1n) is 4.51. The Morgan fingerprint density at radius 3 is 2.93 bits per heavy atom. The van der Waals surface area contributed by atoms with E-state index in [0.29, 0.717) is 13.0 Å². The van der Waals surface area contributed by atoms with Crippen LogP contribution >= 0.6 is 27.5 Å². The van der Waals surface area contributed by atoms with E-state index in [9.17, 15) is 4.79 Å². The minimum Gasteiger partial charge on any atom is -0.308 e. The van der Waals surface area contributed by atoms with Crippen molar-refractivity contribution in [3.63, 3.8) is 0 Å². The molecule has 15 heavy (non-hydrogen) atoms. The van der Waals surface area contributed by atoms with Crippen molar-refractivity contribution in [2.24, 2.45) is 0 Å². The Balaban J connectivity index is 2.34. The molecule has 1 aliphatic heterocycles. The molecule has 1 fully saturated rings. The molecular weight excluding hydrogens is 281 g/mol. The second kappa shape index (κ2) is 4.06. The molecule has 1 saturated heterocycles. The van der Waals surface area contributed by atoms with Gasteiger partial charge in [0.2, 0.25) is 11.2 Å². The van der Waals surface area contributed by atoms with Crippen molar-refractivity contribution in [1.82, 2.24) is 9.97 Å². The van der Waals surface area contributed by atoms with Crippen molar-refractivity contribution in [1.29, 1.82) is 0 Å². The average Bonchev–Trinajstić information content (AvgIpc) is 2.45. The molecule has 1 amide bonds. The Labute approximate surface area is 101 Å². The van der Waals surface area contributed by atoms with Crippen LogP contribution < -0.4 is 4.90 Å². The van der Waals surface area contributed by atoms with Gasteiger partial charge < -0.3 is 4.90 Å². The Kier molecular flexibility index (Phi) is 2.93. The van der Waals surface area contributed by atoms with Crippen molar-refractivity contribution in [3.05, 3.63) is 17.2 Å². The minimum atomic E-state index is 0.0888. The van der Waals surface area contributed by atoms with E-state index in [1.54, 1.807) is 11.1 Å². The molecule has 1 aliphatic rings. The highest BCUT2D eigenvalue weighted by molar-refractivity contribution is 9.09. The van der Waals surface area contributed by atoms with Crippen molar-refractivity contribution in [2.45, 2.75) is 18.2 Å². The molecule has 80 valence electrons. The number of carbonyl (C=O) groups excluding carboxylic acids is 1. The van der Waals surface area contributed by atoms with Gasteiger partial charge in [0.05, 0.1) is 17.6 Å². The van der Waals surface area contributed by atoms with Crippen LogP contribution in [0.3, 0.4) is 0 Å². The van der Waals surface area contributed by atoms with Crippen LogP contribution in [0.5, 0.6) is 0 Å². The highest BCUT2D eigenvalue weighted by atomic mass is 79.9. The topological polar surface area (TPSA) is 46.1 Å². The normalized spacial score (nSPS) is 21.1. The molecule has 1 aromatic rings. The van der Waals surface area contributed by atoms with Gasteiger partial charge in [0.15, 0.2) is 0 Å². The van der Waals surface area contributed by atoms with E-state index in [0.717, 1.165) is 11.4 Å². The molecule has 0 aromatic carbocycles. The maximum Gasteiger partial charge on any atom is 0.228 e. The predicted molar refractivity (Wildman–Crippen MR) is 61.5 cm³/mol. The van der Waals surface area contributed by atoms with Gasteiger partial charge in [0.25, 0.3) is 0 Å². The first-order chi connectivity index (χ1) is 7.08. The van der Waals surface area contributed by atoms with Crippen LogP contribution in [0.15, 0.2) is 6.20 Å². The van der Waals surface area contributed by atoms with E-state index in [2.05, 4.69) is 25.9 Å². The SMILES string of the molecule is Cc1nc(Cl)ncc1N1CC(Br)CC1=O. The highest BCUT2D eigenvalue weighted by Gasteiger charge is 2.30. The lowest BCUT2D eigenvalue weighted by Gasteiger charge is -2.16. The zero-order valence-corrected chi connectivity index (χ0v) is 10.4. The van der Waals surface area contributed by atoms with Crippen LogP contribution in [0, 0.1) is 6.92 Å². The molecule has 1 aromatic heterocycles. The van der Waals surface area contributed by atoms with Crippen molar-refractivity contribution in [2.75, 3.05) is 11.4 Å². The Bertz CT molecular complexity index is 412.